The molecule has 1 aromatic carbocycles. The fraction of sp³-hybridized carbons (Fsp3) is 0.600. The third-order valence-corrected chi connectivity index (χ3v) is 4.46. The highest BCUT2D eigenvalue weighted by Gasteiger charge is 2.14. The molecule has 0 aliphatic heterocycles. The summed E-state index contributed by atoms with van der Waals surface area (Å²) >= 11 is 3.59. The van der Waals surface area contributed by atoms with E-state index in [0.29, 0.717) is 6.61 Å². The summed E-state index contributed by atoms with van der Waals surface area (Å²) in [5.74, 6) is 0.841. The first-order chi connectivity index (χ1) is 8.81. The van der Waals surface area contributed by atoms with E-state index in [9.17, 15) is 0 Å². The second kappa shape index (κ2) is 7.15. The van der Waals surface area contributed by atoms with Gasteiger partial charge in [-0.15, -0.1) is 0 Å². The van der Waals surface area contributed by atoms with Crippen LogP contribution in [0.1, 0.15) is 37.7 Å². The Balaban J connectivity index is 1.97. The maximum Gasteiger partial charge on any atom is 0.0744 e. The Morgan fingerprint density at radius 1 is 1.28 bits per heavy atom. The molecule has 0 heterocycles. The van der Waals surface area contributed by atoms with Crippen molar-refractivity contribution in [2.24, 2.45) is 5.92 Å². The summed E-state index contributed by atoms with van der Waals surface area (Å²) in [6.45, 7) is 1.74. The lowest BCUT2D eigenvalue weighted by atomic mass is 9.89. The molecule has 1 saturated carbocycles. The van der Waals surface area contributed by atoms with E-state index in [-0.39, 0.29) is 0 Å². The molecule has 0 atom stereocenters. The average molecular weight is 312 g/mol. The predicted molar refractivity (Wildman–Crippen MR) is 79.9 cm³/mol. The van der Waals surface area contributed by atoms with Crippen molar-refractivity contribution in [2.75, 3.05) is 19.0 Å². The van der Waals surface area contributed by atoms with Crippen molar-refractivity contribution in [1.82, 2.24) is 0 Å². The van der Waals surface area contributed by atoms with Gasteiger partial charge in [-0.1, -0.05) is 41.3 Å². The first-order valence-electron chi connectivity index (χ1n) is 6.81. The van der Waals surface area contributed by atoms with E-state index in [0.717, 1.165) is 16.9 Å². The molecule has 100 valence electrons. The first-order valence-corrected chi connectivity index (χ1v) is 7.60. The molecule has 1 aromatic rings. The maximum absolute atomic E-state index is 5.27. The van der Waals surface area contributed by atoms with Gasteiger partial charge in [-0.05, 0) is 30.9 Å². The highest BCUT2D eigenvalue weighted by atomic mass is 79.9. The molecule has 1 fully saturated rings. The average Bonchev–Trinajstić information content (AvgIpc) is 2.41. The quantitative estimate of drug-likeness (QED) is 0.859. The molecule has 0 unspecified atom stereocenters. The normalized spacial score (nSPS) is 16.8. The van der Waals surface area contributed by atoms with Crippen LogP contribution in [-0.2, 0) is 11.3 Å². The van der Waals surface area contributed by atoms with Gasteiger partial charge < -0.3 is 10.1 Å². The monoisotopic (exact) mass is 311 g/mol. The van der Waals surface area contributed by atoms with Crippen molar-refractivity contribution in [3.63, 3.8) is 0 Å². The minimum Gasteiger partial charge on any atom is -0.384 e. The van der Waals surface area contributed by atoms with Gasteiger partial charge >= 0.3 is 0 Å². The van der Waals surface area contributed by atoms with E-state index in [1.807, 2.05) is 0 Å². The second-order valence-corrected chi connectivity index (χ2v) is 5.94. The van der Waals surface area contributed by atoms with Crippen molar-refractivity contribution in [1.29, 1.82) is 0 Å². The van der Waals surface area contributed by atoms with Gasteiger partial charge in [-0.2, -0.15) is 0 Å². The minimum atomic E-state index is 0.647. The number of benzene rings is 1. The fourth-order valence-corrected chi connectivity index (χ4v) is 3.14. The molecule has 18 heavy (non-hydrogen) atoms. The molecular weight excluding hydrogens is 290 g/mol. The molecule has 0 aromatic heterocycles. The summed E-state index contributed by atoms with van der Waals surface area (Å²) in [5, 5.41) is 3.60. The Hall–Kier alpha value is -0.540. The number of ether oxygens (including phenoxy) is 1. The largest absolute Gasteiger partial charge is 0.384 e. The number of nitrogens with one attached hydrogen (secondary N) is 1. The number of hydrogen-bond acceptors (Lipinski definition) is 2. The molecule has 1 aliphatic rings. The lowest BCUT2D eigenvalue weighted by molar-refractivity contribution is 0.185. The minimum absolute atomic E-state index is 0.647. The summed E-state index contributed by atoms with van der Waals surface area (Å²) in [6, 6.07) is 6.29. The summed E-state index contributed by atoms with van der Waals surface area (Å²) in [7, 11) is 1.74. The summed E-state index contributed by atoms with van der Waals surface area (Å²) < 4.78 is 6.39. The van der Waals surface area contributed by atoms with Gasteiger partial charge in [0.15, 0.2) is 0 Å². The molecule has 0 saturated heterocycles. The summed E-state index contributed by atoms with van der Waals surface area (Å²) in [5.41, 5.74) is 2.42. The standard InChI is InChI=1S/C15H22BrNO/c1-18-11-13-14(16)8-5-9-15(13)17-10-12-6-3-2-4-7-12/h5,8-9,12,17H,2-4,6-7,10-11H2,1H3. The summed E-state index contributed by atoms with van der Waals surface area (Å²) in [6.07, 6.45) is 6.97. The van der Waals surface area contributed by atoms with Crippen LogP contribution in [0.3, 0.4) is 0 Å². The highest BCUT2D eigenvalue weighted by molar-refractivity contribution is 9.10. The lowest BCUT2D eigenvalue weighted by Gasteiger charge is -2.23. The Kier molecular flexibility index (Phi) is 5.51. The molecule has 2 rings (SSSR count). The van der Waals surface area contributed by atoms with Crippen LogP contribution >= 0.6 is 15.9 Å². The SMILES string of the molecule is COCc1c(Br)cccc1NCC1CCCCC1. The van der Waals surface area contributed by atoms with Crippen LogP contribution in [0.25, 0.3) is 0 Å². The molecule has 1 aliphatic carbocycles. The van der Waals surface area contributed by atoms with E-state index in [1.165, 1.54) is 43.4 Å². The van der Waals surface area contributed by atoms with E-state index < -0.39 is 0 Å². The summed E-state index contributed by atoms with van der Waals surface area (Å²) in [4.78, 5) is 0. The van der Waals surface area contributed by atoms with Gasteiger partial charge in [0.05, 0.1) is 6.61 Å². The predicted octanol–water partition coefficient (Wildman–Crippen LogP) is 4.59. The van der Waals surface area contributed by atoms with Gasteiger partial charge in [-0.3, -0.25) is 0 Å². The van der Waals surface area contributed by atoms with Crippen LogP contribution in [0, 0.1) is 5.92 Å². The van der Waals surface area contributed by atoms with E-state index >= 15 is 0 Å². The Labute approximate surface area is 118 Å². The van der Waals surface area contributed by atoms with Crippen LogP contribution in [0.15, 0.2) is 22.7 Å². The molecule has 0 radical (unpaired) electrons. The van der Waals surface area contributed by atoms with Crippen LogP contribution in [0.4, 0.5) is 5.69 Å². The van der Waals surface area contributed by atoms with Crippen LogP contribution in [0.5, 0.6) is 0 Å². The van der Waals surface area contributed by atoms with Gasteiger partial charge in [0.1, 0.15) is 0 Å². The molecule has 1 N–H and O–H groups in total. The molecule has 0 bridgehead atoms. The van der Waals surface area contributed by atoms with E-state index in [2.05, 4.69) is 39.4 Å². The van der Waals surface area contributed by atoms with E-state index in [4.69, 9.17) is 4.74 Å². The first kappa shape index (κ1) is 13.9. The Morgan fingerprint density at radius 2 is 2.06 bits per heavy atom. The lowest BCUT2D eigenvalue weighted by Crippen LogP contribution is -2.17. The zero-order chi connectivity index (χ0) is 12.8. The molecule has 0 spiro atoms. The van der Waals surface area contributed by atoms with Gasteiger partial charge in [0, 0.05) is 29.4 Å². The van der Waals surface area contributed by atoms with Crippen LogP contribution < -0.4 is 5.32 Å². The van der Waals surface area contributed by atoms with Gasteiger partial charge in [0.2, 0.25) is 0 Å². The number of methoxy groups -OCH3 is 1. The van der Waals surface area contributed by atoms with Gasteiger partial charge in [-0.25, -0.2) is 0 Å². The molecule has 3 heteroatoms. The highest BCUT2D eigenvalue weighted by Crippen LogP contribution is 2.28. The molecule has 0 amide bonds. The molecule has 2 nitrogen and oxygen atoms in total. The van der Waals surface area contributed by atoms with Crippen molar-refractivity contribution in [2.45, 2.75) is 38.7 Å². The zero-order valence-electron chi connectivity index (χ0n) is 11.0. The van der Waals surface area contributed by atoms with Crippen LogP contribution in [-0.4, -0.2) is 13.7 Å². The maximum atomic E-state index is 5.27. The number of halogens is 1. The number of rotatable bonds is 5. The smallest absolute Gasteiger partial charge is 0.0744 e. The van der Waals surface area contributed by atoms with Crippen molar-refractivity contribution < 1.29 is 4.74 Å². The zero-order valence-corrected chi connectivity index (χ0v) is 12.6. The van der Waals surface area contributed by atoms with E-state index in [1.54, 1.807) is 7.11 Å². The van der Waals surface area contributed by atoms with Crippen molar-refractivity contribution >= 4 is 21.6 Å². The third-order valence-electron chi connectivity index (χ3n) is 3.71. The van der Waals surface area contributed by atoms with Crippen LogP contribution in [0.2, 0.25) is 0 Å². The van der Waals surface area contributed by atoms with Crippen molar-refractivity contribution in [3.05, 3.63) is 28.2 Å². The Bertz CT molecular complexity index is 375. The second-order valence-electron chi connectivity index (χ2n) is 5.08. The number of hydrogen-bond donors (Lipinski definition) is 1. The topological polar surface area (TPSA) is 21.3 Å². The van der Waals surface area contributed by atoms with Gasteiger partial charge in [0.25, 0.3) is 0 Å². The Morgan fingerprint density at radius 3 is 2.78 bits per heavy atom. The van der Waals surface area contributed by atoms with Crippen molar-refractivity contribution in [3.8, 4) is 0 Å². The molecular formula is C15H22BrNO. The fourth-order valence-electron chi connectivity index (χ4n) is 2.66. The third kappa shape index (κ3) is 3.72. The number of anilines is 1.